The zero-order chi connectivity index (χ0) is 21.8. The maximum Gasteiger partial charge on any atom is 0.254 e. The van der Waals surface area contributed by atoms with E-state index in [0.29, 0.717) is 18.7 Å². The van der Waals surface area contributed by atoms with Crippen LogP contribution in [0.1, 0.15) is 34.3 Å². The number of hydrogen-bond donors (Lipinski definition) is 1. The predicted molar refractivity (Wildman–Crippen MR) is 123 cm³/mol. The van der Waals surface area contributed by atoms with Crippen LogP contribution >= 0.6 is 0 Å². The van der Waals surface area contributed by atoms with Gasteiger partial charge in [-0.25, -0.2) is 0 Å². The number of anilines is 1. The molecular formula is C26H28N2O3. The molecule has 5 nitrogen and oxygen atoms in total. The number of nitrogens with zero attached hydrogens (tertiary/aromatic N) is 1. The highest BCUT2D eigenvalue weighted by molar-refractivity contribution is 6.01. The summed E-state index contributed by atoms with van der Waals surface area (Å²) < 4.78 is 5.75. The third-order valence-electron chi connectivity index (χ3n) is 5.94. The van der Waals surface area contributed by atoms with E-state index in [0.717, 1.165) is 40.4 Å². The molecule has 1 heterocycles. The molecule has 3 aromatic carbocycles. The molecule has 4 rings (SSSR count). The normalized spacial score (nSPS) is 15.7. The van der Waals surface area contributed by atoms with Gasteiger partial charge < -0.3 is 15.0 Å². The molecule has 0 radical (unpaired) electrons. The molecule has 1 aliphatic rings. The van der Waals surface area contributed by atoms with Gasteiger partial charge in [-0.2, -0.15) is 0 Å². The Morgan fingerprint density at radius 3 is 2.61 bits per heavy atom. The SMILES string of the molecule is Cc1cccc(NC(=O)CN(CC2CCCO2)C(=O)c2ccc3ccccc3c2)c1C. The fraction of sp³-hybridized carbons (Fsp3) is 0.308. The van der Waals surface area contributed by atoms with Crippen molar-refractivity contribution in [2.45, 2.75) is 32.8 Å². The Labute approximate surface area is 183 Å². The van der Waals surface area contributed by atoms with E-state index in [1.165, 1.54) is 0 Å². The smallest absolute Gasteiger partial charge is 0.254 e. The van der Waals surface area contributed by atoms with Gasteiger partial charge >= 0.3 is 0 Å². The molecule has 5 heteroatoms. The van der Waals surface area contributed by atoms with Crippen LogP contribution in [-0.2, 0) is 9.53 Å². The molecule has 0 bridgehead atoms. The minimum absolute atomic E-state index is 0.0150. The molecule has 1 saturated heterocycles. The first kappa shape index (κ1) is 21.1. The third-order valence-corrected chi connectivity index (χ3v) is 5.94. The fourth-order valence-electron chi connectivity index (χ4n) is 4.01. The molecule has 31 heavy (non-hydrogen) atoms. The van der Waals surface area contributed by atoms with E-state index >= 15 is 0 Å². The molecule has 1 N–H and O–H groups in total. The Hall–Kier alpha value is -3.18. The zero-order valence-electron chi connectivity index (χ0n) is 18.1. The molecule has 3 aromatic rings. The lowest BCUT2D eigenvalue weighted by Crippen LogP contribution is -2.42. The minimum Gasteiger partial charge on any atom is -0.376 e. The number of rotatable bonds is 6. The van der Waals surface area contributed by atoms with Gasteiger partial charge in [0.25, 0.3) is 5.91 Å². The molecular weight excluding hydrogens is 388 g/mol. The number of carbonyl (C=O) groups is 2. The Bertz CT molecular complexity index is 1100. The summed E-state index contributed by atoms with van der Waals surface area (Å²) in [7, 11) is 0. The van der Waals surface area contributed by atoms with Crippen LogP contribution in [0.15, 0.2) is 60.7 Å². The van der Waals surface area contributed by atoms with Crippen LogP contribution in [0.2, 0.25) is 0 Å². The van der Waals surface area contributed by atoms with Gasteiger partial charge in [0, 0.05) is 24.4 Å². The van der Waals surface area contributed by atoms with Crippen LogP contribution in [0.25, 0.3) is 10.8 Å². The molecule has 0 saturated carbocycles. The summed E-state index contributed by atoms with van der Waals surface area (Å²) >= 11 is 0. The van der Waals surface area contributed by atoms with Crippen LogP contribution < -0.4 is 5.32 Å². The van der Waals surface area contributed by atoms with E-state index < -0.39 is 0 Å². The molecule has 1 atom stereocenters. The summed E-state index contributed by atoms with van der Waals surface area (Å²) in [6, 6.07) is 19.4. The van der Waals surface area contributed by atoms with Crippen molar-refractivity contribution >= 4 is 28.3 Å². The molecule has 0 aromatic heterocycles. The Balaban J connectivity index is 1.54. The van der Waals surface area contributed by atoms with Crippen molar-refractivity contribution in [3.05, 3.63) is 77.4 Å². The second kappa shape index (κ2) is 9.31. The van der Waals surface area contributed by atoms with Gasteiger partial charge in [0.2, 0.25) is 5.91 Å². The van der Waals surface area contributed by atoms with E-state index in [1.54, 1.807) is 4.90 Å². The summed E-state index contributed by atoms with van der Waals surface area (Å²) in [5.41, 5.74) is 3.50. The number of benzene rings is 3. The monoisotopic (exact) mass is 416 g/mol. The molecule has 1 fully saturated rings. The van der Waals surface area contributed by atoms with Gasteiger partial charge in [-0.15, -0.1) is 0 Å². The van der Waals surface area contributed by atoms with E-state index in [-0.39, 0.29) is 24.5 Å². The second-order valence-corrected chi connectivity index (χ2v) is 8.18. The first-order valence-electron chi connectivity index (χ1n) is 10.8. The van der Waals surface area contributed by atoms with Crippen molar-refractivity contribution in [2.75, 3.05) is 25.0 Å². The topological polar surface area (TPSA) is 58.6 Å². The molecule has 1 aliphatic heterocycles. The van der Waals surface area contributed by atoms with Crippen molar-refractivity contribution in [2.24, 2.45) is 0 Å². The van der Waals surface area contributed by atoms with Crippen LogP contribution in [0.5, 0.6) is 0 Å². The number of nitrogens with one attached hydrogen (secondary N) is 1. The molecule has 1 unspecified atom stereocenters. The minimum atomic E-state index is -0.208. The summed E-state index contributed by atoms with van der Waals surface area (Å²) in [6.45, 7) is 5.09. The van der Waals surface area contributed by atoms with E-state index in [2.05, 4.69) is 5.32 Å². The molecule has 2 amide bonds. The van der Waals surface area contributed by atoms with Crippen molar-refractivity contribution < 1.29 is 14.3 Å². The molecule has 0 spiro atoms. The quantitative estimate of drug-likeness (QED) is 0.633. The Morgan fingerprint density at radius 1 is 1.03 bits per heavy atom. The summed E-state index contributed by atoms with van der Waals surface area (Å²) in [6.07, 6.45) is 1.86. The highest BCUT2D eigenvalue weighted by atomic mass is 16.5. The second-order valence-electron chi connectivity index (χ2n) is 8.18. The van der Waals surface area contributed by atoms with Crippen LogP contribution in [0.3, 0.4) is 0 Å². The van der Waals surface area contributed by atoms with Gasteiger partial charge in [0.15, 0.2) is 0 Å². The zero-order valence-corrected chi connectivity index (χ0v) is 18.1. The maximum absolute atomic E-state index is 13.4. The van der Waals surface area contributed by atoms with E-state index in [1.807, 2.05) is 74.5 Å². The van der Waals surface area contributed by atoms with Crippen molar-refractivity contribution in [3.63, 3.8) is 0 Å². The van der Waals surface area contributed by atoms with Crippen molar-refractivity contribution in [1.82, 2.24) is 4.90 Å². The van der Waals surface area contributed by atoms with Gasteiger partial charge in [0.05, 0.1) is 6.10 Å². The van der Waals surface area contributed by atoms with Gasteiger partial charge in [-0.3, -0.25) is 9.59 Å². The van der Waals surface area contributed by atoms with E-state index in [9.17, 15) is 9.59 Å². The number of aryl methyl sites for hydroxylation is 1. The number of ether oxygens (including phenoxy) is 1. The van der Waals surface area contributed by atoms with Crippen molar-refractivity contribution in [3.8, 4) is 0 Å². The number of fused-ring (bicyclic) bond motifs is 1. The maximum atomic E-state index is 13.4. The predicted octanol–water partition coefficient (Wildman–Crippen LogP) is 4.72. The summed E-state index contributed by atoms with van der Waals surface area (Å²) in [5, 5.41) is 5.05. The number of amides is 2. The standard InChI is InChI=1S/C26H28N2O3/c1-18-7-5-11-24(19(18)2)27-25(29)17-28(16-23-10-6-14-31-23)26(30)22-13-12-20-8-3-4-9-21(20)15-22/h3-5,7-9,11-13,15,23H,6,10,14,16-17H2,1-2H3,(H,27,29). The first-order valence-corrected chi connectivity index (χ1v) is 10.8. The average Bonchev–Trinajstić information content (AvgIpc) is 3.29. The lowest BCUT2D eigenvalue weighted by molar-refractivity contribution is -0.117. The van der Waals surface area contributed by atoms with Gasteiger partial charge in [-0.1, -0.05) is 42.5 Å². The number of carbonyl (C=O) groups excluding carboxylic acids is 2. The highest BCUT2D eigenvalue weighted by Gasteiger charge is 2.25. The van der Waals surface area contributed by atoms with E-state index in [4.69, 9.17) is 4.74 Å². The average molecular weight is 417 g/mol. The largest absolute Gasteiger partial charge is 0.376 e. The fourth-order valence-corrected chi connectivity index (χ4v) is 4.01. The van der Waals surface area contributed by atoms with Gasteiger partial charge in [0.1, 0.15) is 6.54 Å². The van der Waals surface area contributed by atoms with Crippen LogP contribution in [0, 0.1) is 13.8 Å². The molecule has 0 aliphatic carbocycles. The van der Waals surface area contributed by atoms with Crippen LogP contribution in [-0.4, -0.2) is 42.5 Å². The third kappa shape index (κ3) is 4.94. The lowest BCUT2D eigenvalue weighted by atomic mass is 10.1. The first-order chi connectivity index (χ1) is 15.0. The lowest BCUT2D eigenvalue weighted by Gasteiger charge is -2.25. The highest BCUT2D eigenvalue weighted by Crippen LogP contribution is 2.20. The van der Waals surface area contributed by atoms with Gasteiger partial charge in [-0.05, 0) is 66.8 Å². The molecule has 160 valence electrons. The number of hydrogen-bond acceptors (Lipinski definition) is 3. The van der Waals surface area contributed by atoms with Crippen LogP contribution in [0.4, 0.5) is 5.69 Å². The summed E-state index contributed by atoms with van der Waals surface area (Å²) in [5.74, 6) is -0.363. The summed E-state index contributed by atoms with van der Waals surface area (Å²) in [4.78, 5) is 27.8. The van der Waals surface area contributed by atoms with Crippen molar-refractivity contribution in [1.29, 1.82) is 0 Å². The Morgan fingerprint density at radius 2 is 1.84 bits per heavy atom. The Kier molecular flexibility index (Phi) is 6.33.